The van der Waals surface area contributed by atoms with E-state index in [0.717, 1.165) is 37.7 Å². The highest BCUT2D eigenvalue weighted by molar-refractivity contribution is 5.88. The second-order valence-electron chi connectivity index (χ2n) is 6.58. The number of carbonyl (C=O) groups is 1. The van der Waals surface area contributed by atoms with E-state index in [0.29, 0.717) is 5.82 Å². The Labute approximate surface area is 163 Å². The van der Waals surface area contributed by atoms with Crippen LogP contribution in [-0.4, -0.2) is 47.2 Å². The maximum atomic E-state index is 11.0. The van der Waals surface area contributed by atoms with Crippen molar-refractivity contribution in [3.8, 4) is 0 Å². The lowest BCUT2D eigenvalue weighted by atomic mass is 10.2. The topological polar surface area (TPSA) is 81.6 Å². The van der Waals surface area contributed by atoms with Gasteiger partial charge in [0.15, 0.2) is 0 Å². The molecular formula is C21H21N5O2. The van der Waals surface area contributed by atoms with Crippen molar-refractivity contribution in [1.82, 2.24) is 9.97 Å². The predicted molar refractivity (Wildman–Crippen MR) is 110 cm³/mol. The minimum atomic E-state index is -0.939. The van der Waals surface area contributed by atoms with E-state index in [2.05, 4.69) is 49.4 Å². The average Bonchev–Trinajstić information content (AvgIpc) is 2.75. The molecule has 2 N–H and O–H groups in total. The zero-order valence-corrected chi connectivity index (χ0v) is 15.3. The van der Waals surface area contributed by atoms with E-state index in [1.807, 2.05) is 12.1 Å². The van der Waals surface area contributed by atoms with Gasteiger partial charge in [-0.3, -0.25) is 0 Å². The second-order valence-corrected chi connectivity index (χ2v) is 6.58. The predicted octanol–water partition coefficient (Wildman–Crippen LogP) is 3.25. The molecule has 1 aromatic heterocycles. The van der Waals surface area contributed by atoms with Crippen molar-refractivity contribution in [2.45, 2.75) is 0 Å². The van der Waals surface area contributed by atoms with Crippen LogP contribution in [0.5, 0.6) is 0 Å². The average molecular weight is 375 g/mol. The Bertz CT molecular complexity index is 939. The molecule has 7 heteroatoms. The van der Waals surface area contributed by atoms with Gasteiger partial charge in [0, 0.05) is 43.6 Å². The van der Waals surface area contributed by atoms with Crippen LogP contribution in [-0.2, 0) is 0 Å². The van der Waals surface area contributed by atoms with Gasteiger partial charge in [-0.1, -0.05) is 18.2 Å². The lowest BCUT2D eigenvalue weighted by Gasteiger charge is -2.36. The van der Waals surface area contributed by atoms with Gasteiger partial charge < -0.3 is 20.2 Å². The van der Waals surface area contributed by atoms with E-state index in [1.54, 1.807) is 30.6 Å². The minimum Gasteiger partial charge on any atom is -0.478 e. The van der Waals surface area contributed by atoms with Gasteiger partial charge >= 0.3 is 5.97 Å². The first-order chi connectivity index (χ1) is 13.7. The van der Waals surface area contributed by atoms with Crippen LogP contribution in [0.2, 0.25) is 0 Å². The van der Waals surface area contributed by atoms with Crippen molar-refractivity contribution in [3.63, 3.8) is 0 Å². The molecule has 0 radical (unpaired) electrons. The van der Waals surface area contributed by atoms with Gasteiger partial charge in [0.2, 0.25) is 0 Å². The Kier molecular flexibility index (Phi) is 5.05. The first-order valence-electron chi connectivity index (χ1n) is 9.16. The Morgan fingerprint density at radius 3 is 2.25 bits per heavy atom. The quantitative estimate of drug-likeness (QED) is 0.708. The number of hydrogen-bond donors (Lipinski definition) is 2. The van der Waals surface area contributed by atoms with E-state index < -0.39 is 5.97 Å². The maximum Gasteiger partial charge on any atom is 0.335 e. The van der Waals surface area contributed by atoms with Crippen molar-refractivity contribution in [2.24, 2.45) is 0 Å². The summed E-state index contributed by atoms with van der Waals surface area (Å²) in [5, 5.41) is 12.2. The minimum absolute atomic E-state index is 0.255. The third kappa shape index (κ3) is 4.03. The molecule has 0 aliphatic carbocycles. The molecule has 2 heterocycles. The first kappa shape index (κ1) is 17.8. The van der Waals surface area contributed by atoms with Crippen LogP contribution < -0.4 is 15.1 Å². The molecule has 1 aliphatic heterocycles. The van der Waals surface area contributed by atoms with E-state index in [4.69, 9.17) is 5.11 Å². The molecule has 0 atom stereocenters. The molecule has 0 amide bonds. The summed E-state index contributed by atoms with van der Waals surface area (Å²) in [5.41, 5.74) is 2.28. The summed E-state index contributed by atoms with van der Waals surface area (Å²) < 4.78 is 0. The molecule has 4 rings (SSSR count). The lowest BCUT2D eigenvalue weighted by Crippen LogP contribution is -2.46. The molecule has 1 aliphatic rings. The third-order valence-corrected chi connectivity index (χ3v) is 4.78. The number of aromatic carboxylic acids is 1. The molecule has 1 fully saturated rings. The van der Waals surface area contributed by atoms with Gasteiger partial charge in [0.05, 0.1) is 5.56 Å². The second kappa shape index (κ2) is 7.96. The highest BCUT2D eigenvalue weighted by Crippen LogP contribution is 2.22. The molecule has 0 spiro atoms. The summed E-state index contributed by atoms with van der Waals surface area (Å²) in [7, 11) is 0. The lowest BCUT2D eigenvalue weighted by molar-refractivity contribution is 0.0697. The van der Waals surface area contributed by atoms with Crippen LogP contribution in [0.3, 0.4) is 0 Å². The van der Waals surface area contributed by atoms with Gasteiger partial charge in [0.1, 0.15) is 18.0 Å². The van der Waals surface area contributed by atoms with Crippen molar-refractivity contribution < 1.29 is 9.90 Å². The standard InChI is InChI=1S/C21H21N5O2/c27-21(28)16-6-8-17(9-7-16)24-19-14-20(23-15-22-19)26-12-10-25(11-13-26)18-4-2-1-3-5-18/h1-9,14-15H,10-13H2,(H,27,28)(H,22,23,24). The van der Waals surface area contributed by atoms with Gasteiger partial charge in [-0.05, 0) is 36.4 Å². The van der Waals surface area contributed by atoms with Crippen LogP contribution in [0.1, 0.15) is 10.4 Å². The summed E-state index contributed by atoms with van der Waals surface area (Å²) in [6, 6.07) is 18.9. The van der Waals surface area contributed by atoms with Crippen molar-refractivity contribution >= 4 is 29.0 Å². The smallest absolute Gasteiger partial charge is 0.335 e. The fourth-order valence-electron chi connectivity index (χ4n) is 3.26. The summed E-state index contributed by atoms with van der Waals surface area (Å²) in [4.78, 5) is 24.3. The highest BCUT2D eigenvalue weighted by Gasteiger charge is 2.18. The molecule has 7 nitrogen and oxygen atoms in total. The Balaban J connectivity index is 1.41. The van der Waals surface area contributed by atoms with Crippen LogP contribution >= 0.6 is 0 Å². The first-order valence-corrected chi connectivity index (χ1v) is 9.16. The Morgan fingerprint density at radius 1 is 0.893 bits per heavy atom. The third-order valence-electron chi connectivity index (χ3n) is 4.78. The largest absolute Gasteiger partial charge is 0.478 e. The normalized spacial score (nSPS) is 14.0. The van der Waals surface area contributed by atoms with Crippen LogP contribution in [0.15, 0.2) is 67.0 Å². The molecule has 2 aromatic carbocycles. The van der Waals surface area contributed by atoms with Gasteiger partial charge in [-0.15, -0.1) is 0 Å². The number of aromatic nitrogens is 2. The SMILES string of the molecule is O=C(O)c1ccc(Nc2cc(N3CCN(c4ccccc4)CC3)ncn2)cc1. The van der Waals surface area contributed by atoms with Crippen LogP contribution in [0.4, 0.5) is 23.0 Å². The van der Waals surface area contributed by atoms with E-state index in [1.165, 1.54) is 5.69 Å². The van der Waals surface area contributed by atoms with Crippen LogP contribution in [0, 0.1) is 0 Å². The number of benzene rings is 2. The zero-order valence-electron chi connectivity index (χ0n) is 15.3. The number of piperazine rings is 1. The number of para-hydroxylation sites is 1. The molecule has 1 saturated heterocycles. The molecule has 142 valence electrons. The number of nitrogens with one attached hydrogen (secondary N) is 1. The monoisotopic (exact) mass is 375 g/mol. The Morgan fingerprint density at radius 2 is 1.57 bits per heavy atom. The molecule has 3 aromatic rings. The Hall–Kier alpha value is -3.61. The fraction of sp³-hybridized carbons (Fsp3) is 0.190. The summed E-state index contributed by atoms with van der Waals surface area (Å²) in [6.07, 6.45) is 1.55. The summed E-state index contributed by atoms with van der Waals surface area (Å²) in [5.74, 6) is 0.622. The number of carboxylic acids is 1. The molecule has 0 unspecified atom stereocenters. The van der Waals surface area contributed by atoms with Crippen molar-refractivity contribution in [1.29, 1.82) is 0 Å². The molecule has 28 heavy (non-hydrogen) atoms. The van der Waals surface area contributed by atoms with E-state index >= 15 is 0 Å². The number of hydrogen-bond acceptors (Lipinski definition) is 6. The summed E-state index contributed by atoms with van der Waals surface area (Å²) in [6.45, 7) is 3.65. The zero-order chi connectivity index (χ0) is 19.3. The number of anilines is 4. The van der Waals surface area contributed by atoms with Crippen LogP contribution in [0.25, 0.3) is 0 Å². The summed E-state index contributed by atoms with van der Waals surface area (Å²) >= 11 is 0. The number of rotatable bonds is 5. The molecule has 0 saturated carbocycles. The fourth-order valence-corrected chi connectivity index (χ4v) is 3.26. The number of nitrogens with zero attached hydrogens (tertiary/aromatic N) is 4. The highest BCUT2D eigenvalue weighted by atomic mass is 16.4. The molecule has 0 bridgehead atoms. The number of carboxylic acid groups (broad SMARTS) is 1. The van der Waals surface area contributed by atoms with Gasteiger partial charge in [-0.25, -0.2) is 14.8 Å². The van der Waals surface area contributed by atoms with Crippen molar-refractivity contribution in [2.75, 3.05) is 41.3 Å². The van der Waals surface area contributed by atoms with Crippen molar-refractivity contribution in [3.05, 3.63) is 72.6 Å². The van der Waals surface area contributed by atoms with Gasteiger partial charge in [0.25, 0.3) is 0 Å². The van der Waals surface area contributed by atoms with Gasteiger partial charge in [-0.2, -0.15) is 0 Å². The van der Waals surface area contributed by atoms with E-state index in [9.17, 15) is 4.79 Å². The molecular weight excluding hydrogens is 354 g/mol. The maximum absolute atomic E-state index is 11.0. The van der Waals surface area contributed by atoms with E-state index in [-0.39, 0.29) is 5.56 Å².